The monoisotopic (exact) mass is 312 g/mol. The van der Waals surface area contributed by atoms with Gasteiger partial charge < -0.3 is 25.3 Å². The van der Waals surface area contributed by atoms with Crippen LogP contribution < -0.4 is 0 Å². The van der Waals surface area contributed by atoms with Gasteiger partial charge in [-0.15, -0.1) is 0 Å². The van der Waals surface area contributed by atoms with Crippen LogP contribution in [0.15, 0.2) is 6.20 Å². The number of likely N-dealkylation sites (tertiary alicyclic amines) is 1. The smallest absolute Gasteiger partial charge is 0.326 e. The molecule has 1 aromatic heterocycles. The van der Waals surface area contributed by atoms with Crippen LogP contribution in [0.1, 0.15) is 29.7 Å². The summed E-state index contributed by atoms with van der Waals surface area (Å²) in [6, 6.07) is -0.590. The summed E-state index contributed by atoms with van der Waals surface area (Å²) < 4.78 is 0. The maximum atomic E-state index is 10.8. The molecule has 1 saturated heterocycles. The fourth-order valence-electron chi connectivity index (χ4n) is 2.09. The van der Waals surface area contributed by atoms with Crippen molar-refractivity contribution in [1.29, 1.82) is 0 Å². The first kappa shape index (κ1) is 17.9. The summed E-state index contributed by atoms with van der Waals surface area (Å²) in [6.07, 6.45) is 2.26. The highest BCUT2D eigenvalue weighted by Crippen LogP contribution is 2.23. The molecule has 1 fully saturated rings. The highest BCUT2D eigenvalue weighted by molar-refractivity contribution is 5.87. The normalized spacial score (nSPS) is 17.2. The van der Waals surface area contributed by atoms with E-state index in [4.69, 9.17) is 15.3 Å². The second-order valence-corrected chi connectivity index (χ2v) is 4.91. The lowest BCUT2D eigenvalue weighted by atomic mass is 10.1. The van der Waals surface area contributed by atoms with Gasteiger partial charge in [0.15, 0.2) is 0 Å². The van der Waals surface area contributed by atoms with Gasteiger partial charge in [-0.2, -0.15) is 0 Å². The van der Waals surface area contributed by atoms with Crippen molar-refractivity contribution in [3.63, 3.8) is 0 Å². The van der Waals surface area contributed by atoms with E-state index in [0.717, 1.165) is 0 Å². The molecule has 4 N–H and O–H groups in total. The van der Waals surface area contributed by atoms with Gasteiger partial charge in [-0.25, -0.2) is 4.79 Å². The molecule has 1 atom stereocenters. The summed E-state index contributed by atoms with van der Waals surface area (Å²) in [5, 5.41) is 35.5. The Bertz CT molecular complexity index is 561. The highest BCUT2D eigenvalue weighted by atomic mass is 16.4. The van der Waals surface area contributed by atoms with Crippen molar-refractivity contribution < 1.29 is 30.0 Å². The molecular formula is C14H20N2O6. The maximum Gasteiger partial charge on any atom is 0.326 e. The lowest BCUT2D eigenvalue weighted by molar-refractivity contribution is -0.145. The van der Waals surface area contributed by atoms with Crippen LogP contribution in [0.5, 0.6) is 5.75 Å². The van der Waals surface area contributed by atoms with Crippen LogP contribution in [0.25, 0.3) is 0 Å². The van der Waals surface area contributed by atoms with Crippen LogP contribution in [0, 0.1) is 6.92 Å². The minimum Gasteiger partial charge on any atom is -0.506 e. The number of carboxylic acids is 1. The van der Waals surface area contributed by atoms with Crippen molar-refractivity contribution in [2.75, 3.05) is 7.05 Å². The summed E-state index contributed by atoms with van der Waals surface area (Å²) in [6.45, 7) is 1.12. The van der Waals surface area contributed by atoms with Crippen LogP contribution in [-0.2, 0) is 22.8 Å². The van der Waals surface area contributed by atoms with Crippen molar-refractivity contribution in [3.8, 4) is 5.75 Å². The van der Waals surface area contributed by atoms with E-state index in [9.17, 15) is 14.7 Å². The number of hydrogen-bond donors (Lipinski definition) is 4. The Labute approximate surface area is 127 Å². The number of likely N-dealkylation sites (N-methyl/N-ethyl adjacent to an activating group) is 1. The number of aliphatic carboxylic acids is 1. The molecule has 0 unspecified atom stereocenters. The minimum atomic E-state index is -0.909. The SMILES string of the molecule is CN1C(=O)CC[C@H]1C(=O)O.Cc1ncc(CO)c(CO)c1O. The largest absolute Gasteiger partial charge is 0.506 e. The molecule has 0 aromatic carbocycles. The summed E-state index contributed by atoms with van der Waals surface area (Å²) in [4.78, 5) is 26.2. The molecular weight excluding hydrogens is 292 g/mol. The van der Waals surface area contributed by atoms with Gasteiger partial charge in [-0.3, -0.25) is 9.78 Å². The average Bonchev–Trinajstić information content (AvgIpc) is 2.82. The number of carbonyl (C=O) groups excluding carboxylic acids is 1. The van der Waals surface area contributed by atoms with Crippen molar-refractivity contribution in [2.45, 2.75) is 39.0 Å². The zero-order valence-corrected chi connectivity index (χ0v) is 12.5. The van der Waals surface area contributed by atoms with Crippen LogP contribution in [-0.4, -0.2) is 55.3 Å². The summed E-state index contributed by atoms with van der Waals surface area (Å²) in [7, 11) is 1.52. The topological polar surface area (TPSA) is 131 Å². The molecule has 0 aliphatic carbocycles. The molecule has 2 heterocycles. The highest BCUT2D eigenvalue weighted by Gasteiger charge is 2.32. The van der Waals surface area contributed by atoms with Crippen molar-refractivity contribution in [2.24, 2.45) is 0 Å². The number of aliphatic hydroxyl groups is 2. The second-order valence-electron chi connectivity index (χ2n) is 4.91. The number of aryl methyl sites for hydroxylation is 1. The Morgan fingerprint density at radius 1 is 1.41 bits per heavy atom. The predicted molar refractivity (Wildman–Crippen MR) is 75.9 cm³/mol. The third kappa shape index (κ3) is 3.92. The minimum absolute atomic E-state index is 0.0379. The van der Waals surface area contributed by atoms with E-state index in [1.807, 2.05) is 0 Å². The van der Waals surface area contributed by atoms with Crippen LogP contribution in [0.2, 0.25) is 0 Å². The fourth-order valence-corrected chi connectivity index (χ4v) is 2.09. The molecule has 122 valence electrons. The van der Waals surface area contributed by atoms with Gasteiger partial charge in [0.2, 0.25) is 5.91 Å². The third-order valence-corrected chi connectivity index (χ3v) is 3.54. The van der Waals surface area contributed by atoms with Gasteiger partial charge in [0, 0.05) is 30.8 Å². The summed E-state index contributed by atoms with van der Waals surface area (Å²) in [5.74, 6) is -1.02. The molecule has 1 aliphatic rings. The molecule has 8 nitrogen and oxygen atoms in total. The van der Waals surface area contributed by atoms with Crippen molar-refractivity contribution in [1.82, 2.24) is 9.88 Å². The lowest BCUT2D eigenvalue weighted by Gasteiger charge is -2.14. The first-order chi connectivity index (χ1) is 10.3. The second kappa shape index (κ2) is 7.71. The predicted octanol–water partition coefficient (Wildman–Crippen LogP) is -0.228. The molecule has 1 aliphatic heterocycles. The van der Waals surface area contributed by atoms with E-state index in [1.54, 1.807) is 6.92 Å². The van der Waals surface area contributed by atoms with E-state index in [-0.39, 0.29) is 24.9 Å². The van der Waals surface area contributed by atoms with Crippen molar-refractivity contribution >= 4 is 11.9 Å². The standard InChI is InChI=1S/C8H11NO3.C6H9NO3/c1-5-8(12)7(4-11)6(3-10)2-9-5;1-7-4(6(9)10)2-3-5(7)8/h2,10-12H,3-4H2,1H3;4H,2-3H2,1H3,(H,9,10)/t;4-/m.0/s1. The lowest BCUT2D eigenvalue weighted by Crippen LogP contribution is -2.34. The van der Waals surface area contributed by atoms with Crippen LogP contribution in [0.4, 0.5) is 0 Å². The Hall–Kier alpha value is -2.19. The molecule has 1 aromatic rings. The van der Waals surface area contributed by atoms with Crippen LogP contribution >= 0.6 is 0 Å². The molecule has 22 heavy (non-hydrogen) atoms. The van der Waals surface area contributed by atoms with E-state index in [0.29, 0.717) is 29.7 Å². The van der Waals surface area contributed by atoms with E-state index in [1.165, 1.54) is 18.1 Å². The number of hydrogen-bond acceptors (Lipinski definition) is 6. The quantitative estimate of drug-likeness (QED) is 0.606. The summed E-state index contributed by atoms with van der Waals surface area (Å²) in [5.41, 5.74) is 1.27. The average molecular weight is 312 g/mol. The zero-order chi connectivity index (χ0) is 16.9. The molecule has 0 bridgehead atoms. The van der Waals surface area contributed by atoms with E-state index < -0.39 is 12.0 Å². The maximum absolute atomic E-state index is 10.8. The number of rotatable bonds is 3. The van der Waals surface area contributed by atoms with Gasteiger partial charge in [-0.05, 0) is 13.3 Å². The van der Waals surface area contributed by atoms with E-state index in [2.05, 4.69) is 4.98 Å². The molecule has 2 rings (SSSR count). The zero-order valence-electron chi connectivity index (χ0n) is 12.5. The number of aliphatic hydroxyl groups excluding tert-OH is 2. The number of aromatic hydroxyl groups is 1. The van der Waals surface area contributed by atoms with Gasteiger partial charge >= 0.3 is 5.97 Å². The third-order valence-electron chi connectivity index (χ3n) is 3.54. The summed E-state index contributed by atoms with van der Waals surface area (Å²) >= 11 is 0. The molecule has 8 heteroatoms. The van der Waals surface area contributed by atoms with Gasteiger partial charge in [0.25, 0.3) is 0 Å². The van der Waals surface area contributed by atoms with Crippen LogP contribution in [0.3, 0.4) is 0 Å². The molecule has 0 spiro atoms. The number of amides is 1. The first-order valence-corrected chi connectivity index (χ1v) is 6.70. The molecule has 1 amide bonds. The van der Waals surface area contributed by atoms with Crippen molar-refractivity contribution in [3.05, 3.63) is 23.0 Å². The number of pyridine rings is 1. The fraction of sp³-hybridized carbons (Fsp3) is 0.500. The number of carbonyl (C=O) groups is 2. The first-order valence-electron chi connectivity index (χ1n) is 6.70. The van der Waals surface area contributed by atoms with E-state index >= 15 is 0 Å². The number of nitrogens with zero attached hydrogens (tertiary/aromatic N) is 2. The molecule has 0 saturated carbocycles. The number of aromatic nitrogens is 1. The Morgan fingerprint density at radius 3 is 2.41 bits per heavy atom. The number of carboxylic acid groups (broad SMARTS) is 1. The van der Waals surface area contributed by atoms with Gasteiger partial charge in [0.1, 0.15) is 11.8 Å². The van der Waals surface area contributed by atoms with Gasteiger partial charge in [0.05, 0.1) is 18.9 Å². The molecule has 0 radical (unpaired) electrons. The Kier molecular flexibility index (Phi) is 6.26. The Morgan fingerprint density at radius 2 is 2.05 bits per heavy atom. The Balaban J connectivity index is 0.000000224. The van der Waals surface area contributed by atoms with Gasteiger partial charge in [-0.1, -0.05) is 0 Å².